The van der Waals surface area contributed by atoms with Crippen LogP contribution in [0.4, 0.5) is 20.4 Å². The van der Waals surface area contributed by atoms with Gasteiger partial charge < -0.3 is 14.8 Å². The smallest absolute Gasteiger partial charge is 0.207 e. The molecule has 156 valence electrons. The van der Waals surface area contributed by atoms with E-state index in [1.54, 1.807) is 29.4 Å². The van der Waals surface area contributed by atoms with E-state index in [0.29, 0.717) is 35.7 Å². The number of hydrogen-bond acceptors (Lipinski definition) is 7. The lowest BCUT2D eigenvalue weighted by atomic mass is 10.1. The van der Waals surface area contributed by atoms with Crippen molar-refractivity contribution >= 4 is 22.8 Å². The molecule has 0 unspecified atom stereocenters. The zero-order valence-electron chi connectivity index (χ0n) is 16.3. The molecular weight excluding hydrogens is 410 g/mol. The third-order valence-electron chi connectivity index (χ3n) is 4.78. The number of aryl methyl sites for hydroxylation is 1. The maximum atomic E-state index is 14.9. The van der Waals surface area contributed by atoms with Crippen LogP contribution in [-0.2, 0) is 17.7 Å². The van der Waals surface area contributed by atoms with Crippen molar-refractivity contribution in [2.24, 2.45) is 0 Å². The van der Waals surface area contributed by atoms with Crippen molar-refractivity contribution in [3.05, 3.63) is 59.8 Å². The van der Waals surface area contributed by atoms with Crippen LogP contribution >= 0.6 is 0 Å². The molecule has 0 radical (unpaired) electrons. The van der Waals surface area contributed by atoms with Gasteiger partial charge in [-0.05, 0) is 30.7 Å². The molecule has 1 saturated heterocycles. The van der Waals surface area contributed by atoms with Crippen molar-refractivity contribution in [2.75, 3.05) is 34.8 Å². The van der Waals surface area contributed by atoms with Gasteiger partial charge in [-0.3, -0.25) is 9.97 Å². The van der Waals surface area contributed by atoms with Crippen LogP contribution in [0, 0.1) is 18.6 Å². The number of hydrogen-bond donors (Lipinski definition) is 1. The van der Waals surface area contributed by atoms with Crippen molar-refractivity contribution in [2.45, 2.75) is 13.5 Å². The first-order valence-corrected chi connectivity index (χ1v) is 10.9. The van der Waals surface area contributed by atoms with Crippen LogP contribution < -0.4 is 10.2 Å². The highest BCUT2D eigenvalue weighted by atomic mass is 32.2. The van der Waals surface area contributed by atoms with E-state index in [1.807, 2.05) is 6.92 Å². The fourth-order valence-corrected chi connectivity index (χ4v) is 4.27. The fraction of sp³-hybridized carbons (Fsp3) is 0.300. The summed E-state index contributed by atoms with van der Waals surface area (Å²) in [5, 5.41) is 2.88. The van der Waals surface area contributed by atoms with E-state index in [1.165, 1.54) is 12.4 Å². The van der Waals surface area contributed by atoms with Gasteiger partial charge in [-0.25, -0.2) is 14.4 Å². The van der Waals surface area contributed by atoms with Crippen molar-refractivity contribution in [3.63, 3.8) is 0 Å². The van der Waals surface area contributed by atoms with Gasteiger partial charge in [0.25, 0.3) is 0 Å². The number of rotatable bonds is 5. The SMILES string of the molecule is Cc1cc(-c2ncc(CNc3ncnc(N4CC[S+]([O-])CC4)c3F)cc2F)ccn1. The maximum absolute atomic E-state index is 14.9. The lowest BCUT2D eigenvalue weighted by Gasteiger charge is -2.29. The average Bonchev–Trinajstić information content (AvgIpc) is 2.74. The van der Waals surface area contributed by atoms with Crippen LogP contribution in [0.2, 0.25) is 0 Å². The van der Waals surface area contributed by atoms with Crippen molar-refractivity contribution < 1.29 is 13.3 Å². The van der Waals surface area contributed by atoms with Crippen LogP contribution in [0.3, 0.4) is 0 Å². The van der Waals surface area contributed by atoms with Crippen LogP contribution in [-0.4, -0.2) is 49.1 Å². The quantitative estimate of drug-likeness (QED) is 0.623. The molecule has 3 aromatic heterocycles. The molecule has 7 nitrogen and oxygen atoms in total. The highest BCUT2D eigenvalue weighted by molar-refractivity contribution is 7.91. The Hall–Kier alpha value is -2.85. The molecule has 30 heavy (non-hydrogen) atoms. The molecule has 10 heteroatoms. The summed E-state index contributed by atoms with van der Waals surface area (Å²) in [7, 11) is 0. The number of aromatic nitrogens is 4. The Labute approximate surface area is 175 Å². The summed E-state index contributed by atoms with van der Waals surface area (Å²) in [6.45, 7) is 2.93. The topological polar surface area (TPSA) is 89.9 Å². The van der Waals surface area contributed by atoms with E-state index in [4.69, 9.17) is 0 Å². The molecule has 1 aliphatic heterocycles. The Morgan fingerprint density at radius 3 is 2.67 bits per heavy atom. The minimum absolute atomic E-state index is 0.0286. The molecule has 0 bridgehead atoms. The first-order chi connectivity index (χ1) is 14.5. The zero-order chi connectivity index (χ0) is 21.1. The summed E-state index contributed by atoms with van der Waals surface area (Å²) < 4.78 is 40.9. The summed E-state index contributed by atoms with van der Waals surface area (Å²) in [5.41, 5.74) is 2.21. The van der Waals surface area contributed by atoms with Crippen molar-refractivity contribution in [1.29, 1.82) is 0 Å². The molecule has 4 heterocycles. The van der Waals surface area contributed by atoms with Gasteiger partial charge in [0.15, 0.2) is 11.6 Å². The normalized spacial score (nSPS) is 14.7. The van der Waals surface area contributed by atoms with E-state index < -0.39 is 22.8 Å². The van der Waals surface area contributed by atoms with Gasteiger partial charge in [-0.1, -0.05) is 11.2 Å². The molecule has 1 fully saturated rings. The largest absolute Gasteiger partial charge is 0.616 e. The van der Waals surface area contributed by atoms with E-state index >= 15 is 0 Å². The molecule has 3 aromatic rings. The predicted octanol–water partition coefficient (Wildman–Crippen LogP) is 2.70. The Morgan fingerprint density at radius 2 is 1.93 bits per heavy atom. The predicted molar refractivity (Wildman–Crippen MR) is 112 cm³/mol. The van der Waals surface area contributed by atoms with Crippen LogP contribution in [0.1, 0.15) is 11.3 Å². The second-order valence-electron chi connectivity index (χ2n) is 6.91. The molecule has 0 atom stereocenters. The van der Waals surface area contributed by atoms with E-state index in [2.05, 4.69) is 25.3 Å². The van der Waals surface area contributed by atoms with Gasteiger partial charge in [0.05, 0.1) is 13.1 Å². The maximum Gasteiger partial charge on any atom is 0.207 e. The Morgan fingerprint density at radius 1 is 1.13 bits per heavy atom. The Bertz CT molecular complexity index is 1050. The summed E-state index contributed by atoms with van der Waals surface area (Å²) >= 11 is -0.864. The second-order valence-corrected chi connectivity index (χ2v) is 8.60. The monoisotopic (exact) mass is 430 g/mol. The Kier molecular flexibility index (Phi) is 6.05. The van der Waals surface area contributed by atoms with E-state index in [9.17, 15) is 13.3 Å². The molecule has 0 aliphatic carbocycles. The van der Waals surface area contributed by atoms with E-state index in [-0.39, 0.29) is 23.9 Å². The molecule has 0 amide bonds. The molecule has 1 N–H and O–H groups in total. The van der Waals surface area contributed by atoms with Crippen molar-refractivity contribution in [1.82, 2.24) is 19.9 Å². The first-order valence-electron chi connectivity index (χ1n) is 9.43. The van der Waals surface area contributed by atoms with Crippen molar-refractivity contribution in [3.8, 4) is 11.3 Å². The molecule has 4 rings (SSSR count). The summed E-state index contributed by atoms with van der Waals surface area (Å²) in [4.78, 5) is 18.1. The number of anilines is 2. The summed E-state index contributed by atoms with van der Waals surface area (Å²) in [6.07, 6.45) is 4.43. The molecular formula is C20H20F2N6OS. The van der Waals surface area contributed by atoms with Gasteiger partial charge in [0.1, 0.15) is 29.3 Å². The molecule has 1 aliphatic rings. The zero-order valence-corrected chi connectivity index (χ0v) is 17.1. The third kappa shape index (κ3) is 4.49. The third-order valence-corrected chi connectivity index (χ3v) is 6.05. The van der Waals surface area contributed by atoms with Crippen LogP contribution in [0.25, 0.3) is 11.3 Å². The number of nitrogens with zero attached hydrogens (tertiary/aromatic N) is 5. The minimum Gasteiger partial charge on any atom is -0.616 e. The van der Waals surface area contributed by atoms with Gasteiger partial charge in [-0.2, -0.15) is 4.39 Å². The Balaban J connectivity index is 1.47. The van der Waals surface area contributed by atoms with E-state index in [0.717, 1.165) is 5.69 Å². The second kappa shape index (κ2) is 8.88. The molecule has 0 saturated carbocycles. The molecule has 0 aromatic carbocycles. The minimum atomic E-state index is -0.864. The standard InChI is InChI=1S/C20H20F2N6OS/c1-13-8-15(2-3-23-13)18-16(21)9-14(10-24-18)11-25-19-17(22)20(27-12-26-19)28-4-6-30(29)7-5-28/h2-3,8-10,12H,4-7,11H2,1H3,(H,25,26,27). The number of nitrogens with one attached hydrogen (secondary N) is 1. The van der Waals surface area contributed by atoms with Crippen LogP contribution in [0.15, 0.2) is 36.9 Å². The highest BCUT2D eigenvalue weighted by Gasteiger charge is 2.24. The lowest BCUT2D eigenvalue weighted by molar-refractivity contribution is 0.577. The average molecular weight is 430 g/mol. The van der Waals surface area contributed by atoms with Gasteiger partial charge in [0, 0.05) is 30.2 Å². The first kappa shape index (κ1) is 20.4. The summed E-state index contributed by atoms with van der Waals surface area (Å²) in [6, 6.07) is 4.83. The number of halogens is 2. The lowest BCUT2D eigenvalue weighted by Crippen LogP contribution is -2.41. The highest BCUT2D eigenvalue weighted by Crippen LogP contribution is 2.24. The van der Waals surface area contributed by atoms with Gasteiger partial charge in [0.2, 0.25) is 5.82 Å². The van der Waals surface area contributed by atoms with Gasteiger partial charge >= 0.3 is 0 Å². The van der Waals surface area contributed by atoms with Crippen LogP contribution in [0.5, 0.6) is 0 Å². The summed E-state index contributed by atoms with van der Waals surface area (Å²) in [5.74, 6) is 0.131. The molecule has 0 spiro atoms. The van der Waals surface area contributed by atoms with Gasteiger partial charge in [-0.15, -0.1) is 0 Å². The fourth-order valence-electron chi connectivity index (χ4n) is 3.22. The number of pyridine rings is 2.